The normalized spacial score (nSPS) is 21.6. The largest absolute Gasteiger partial charge is 0.340 e. The highest BCUT2D eigenvalue weighted by Crippen LogP contribution is 2.41. The zero-order valence-corrected chi connectivity index (χ0v) is 11.0. The third-order valence-electron chi connectivity index (χ3n) is 3.88. The first kappa shape index (κ1) is 12.8. The van der Waals surface area contributed by atoms with Gasteiger partial charge in [0.15, 0.2) is 5.82 Å². The van der Waals surface area contributed by atoms with E-state index in [1.165, 1.54) is 0 Å². The smallest absolute Gasteiger partial charge is 0.331 e. The number of nitrogens with zero attached hydrogens (tertiary/aromatic N) is 3. The van der Waals surface area contributed by atoms with Crippen LogP contribution in [0.25, 0.3) is 0 Å². The molecule has 8 heteroatoms. The fourth-order valence-corrected chi connectivity index (χ4v) is 2.84. The van der Waals surface area contributed by atoms with E-state index >= 15 is 0 Å². The number of amides is 4. The van der Waals surface area contributed by atoms with E-state index in [-0.39, 0.29) is 12.4 Å². The van der Waals surface area contributed by atoms with E-state index < -0.39 is 23.3 Å². The molecule has 4 amide bonds. The van der Waals surface area contributed by atoms with E-state index in [0.717, 1.165) is 17.7 Å². The number of imide groups is 2. The van der Waals surface area contributed by atoms with Gasteiger partial charge in [-0.1, -0.05) is 18.0 Å². The quantitative estimate of drug-likeness (QED) is 0.790. The zero-order chi connectivity index (χ0) is 14.3. The van der Waals surface area contributed by atoms with Gasteiger partial charge in [-0.15, -0.1) is 0 Å². The lowest BCUT2D eigenvalue weighted by Crippen LogP contribution is -2.62. The van der Waals surface area contributed by atoms with E-state index in [2.05, 4.69) is 15.5 Å². The predicted molar refractivity (Wildman–Crippen MR) is 64.0 cm³/mol. The van der Waals surface area contributed by atoms with Gasteiger partial charge in [0.2, 0.25) is 17.7 Å². The number of hydrogen-bond donors (Lipinski definition) is 1. The lowest BCUT2D eigenvalue weighted by Gasteiger charge is -2.36. The van der Waals surface area contributed by atoms with Crippen LogP contribution in [-0.2, 0) is 16.1 Å². The number of hydrogen-bond acceptors (Lipinski definition) is 6. The highest BCUT2D eigenvalue weighted by Gasteiger charge is 2.55. The average Bonchev–Trinajstić information content (AvgIpc) is 3.03. The standard InChI is InChI=1S/C12H14N4O4/c1-7-13-8(15-20-7)6-16-10(18)12(4-2-3-5-12)9(17)14-11(16)19/h2-6H2,1H3,(H,14,17,19). The first-order valence-electron chi connectivity index (χ1n) is 6.49. The average molecular weight is 278 g/mol. The summed E-state index contributed by atoms with van der Waals surface area (Å²) in [5.74, 6) is -0.332. The topological polar surface area (TPSA) is 105 Å². The second-order valence-electron chi connectivity index (χ2n) is 5.17. The molecular weight excluding hydrogens is 264 g/mol. The third kappa shape index (κ3) is 1.79. The summed E-state index contributed by atoms with van der Waals surface area (Å²) in [4.78, 5) is 41.4. The van der Waals surface area contributed by atoms with E-state index in [4.69, 9.17) is 4.52 Å². The number of carbonyl (C=O) groups excluding carboxylic acids is 3. The van der Waals surface area contributed by atoms with Gasteiger partial charge >= 0.3 is 6.03 Å². The molecule has 8 nitrogen and oxygen atoms in total. The number of rotatable bonds is 2. The van der Waals surface area contributed by atoms with Crippen LogP contribution in [0.1, 0.15) is 37.4 Å². The van der Waals surface area contributed by atoms with Crippen LogP contribution in [0.4, 0.5) is 4.79 Å². The fourth-order valence-electron chi connectivity index (χ4n) is 2.84. The number of nitrogens with one attached hydrogen (secondary N) is 1. The number of carbonyl (C=O) groups is 3. The first-order valence-corrected chi connectivity index (χ1v) is 6.49. The zero-order valence-electron chi connectivity index (χ0n) is 11.0. The summed E-state index contributed by atoms with van der Waals surface area (Å²) >= 11 is 0. The molecule has 0 aromatic carbocycles. The van der Waals surface area contributed by atoms with Crippen molar-refractivity contribution in [3.8, 4) is 0 Å². The molecule has 106 valence electrons. The Bertz CT molecular complexity index is 588. The van der Waals surface area contributed by atoms with Crippen molar-refractivity contribution in [1.29, 1.82) is 0 Å². The summed E-state index contributed by atoms with van der Waals surface area (Å²) in [6.07, 6.45) is 2.57. The Morgan fingerprint density at radius 2 is 2.00 bits per heavy atom. The van der Waals surface area contributed by atoms with Gasteiger partial charge in [-0.2, -0.15) is 4.98 Å². The first-order chi connectivity index (χ1) is 9.53. The maximum Gasteiger partial charge on any atom is 0.331 e. The molecule has 2 fully saturated rings. The highest BCUT2D eigenvalue weighted by atomic mass is 16.5. The number of barbiturate groups is 1. The minimum atomic E-state index is -1.09. The van der Waals surface area contributed by atoms with Crippen molar-refractivity contribution in [3.05, 3.63) is 11.7 Å². The molecule has 1 saturated carbocycles. The number of urea groups is 1. The van der Waals surface area contributed by atoms with E-state index in [1.54, 1.807) is 6.92 Å². The van der Waals surface area contributed by atoms with Crippen molar-refractivity contribution >= 4 is 17.8 Å². The Balaban J connectivity index is 1.88. The van der Waals surface area contributed by atoms with Crippen LogP contribution < -0.4 is 5.32 Å². The van der Waals surface area contributed by atoms with Crippen molar-refractivity contribution in [2.24, 2.45) is 5.41 Å². The lowest BCUT2D eigenvalue weighted by atomic mass is 9.82. The van der Waals surface area contributed by atoms with Crippen LogP contribution in [0, 0.1) is 12.3 Å². The number of aryl methyl sites for hydroxylation is 1. The Kier molecular flexibility index (Phi) is 2.81. The van der Waals surface area contributed by atoms with Crippen molar-refractivity contribution in [2.75, 3.05) is 0 Å². The molecule has 1 aromatic heterocycles. The molecule has 1 N–H and O–H groups in total. The summed E-state index contributed by atoms with van der Waals surface area (Å²) in [5.41, 5.74) is -1.09. The minimum absolute atomic E-state index is 0.0863. The van der Waals surface area contributed by atoms with E-state index in [1.807, 2.05) is 0 Å². The summed E-state index contributed by atoms with van der Waals surface area (Å²) < 4.78 is 4.82. The highest BCUT2D eigenvalue weighted by molar-refractivity contribution is 6.19. The molecule has 1 saturated heterocycles. The monoisotopic (exact) mass is 278 g/mol. The maximum absolute atomic E-state index is 12.5. The summed E-state index contributed by atoms with van der Waals surface area (Å²) in [6, 6.07) is -0.722. The van der Waals surface area contributed by atoms with Crippen molar-refractivity contribution in [2.45, 2.75) is 39.2 Å². The SMILES string of the molecule is Cc1nc(CN2C(=O)NC(=O)C3(CCCC3)C2=O)no1. The van der Waals surface area contributed by atoms with Gasteiger partial charge < -0.3 is 4.52 Å². The Hall–Kier alpha value is -2.25. The van der Waals surface area contributed by atoms with Crippen LogP contribution in [0.3, 0.4) is 0 Å². The number of aromatic nitrogens is 2. The Morgan fingerprint density at radius 1 is 1.30 bits per heavy atom. The Morgan fingerprint density at radius 3 is 2.60 bits per heavy atom. The maximum atomic E-state index is 12.5. The van der Waals surface area contributed by atoms with Crippen molar-refractivity contribution in [3.63, 3.8) is 0 Å². The van der Waals surface area contributed by atoms with Gasteiger partial charge in [0.1, 0.15) is 5.41 Å². The molecule has 1 aliphatic heterocycles. The van der Waals surface area contributed by atoms with Crippen LogP contribution in [0.15, 0.2) is 4.52 Å². The second-order valence-corrected chi connectivity index (χ2v) is 5.17. The molecule has 0 unspecified atom stereocenters. The van der Waals surface area contributed by atoms with E-state index in [0.29, 0.717) is 18.7 Å². The molecule has 2 aliphatic rings. The molecule has 1 aliphatic carbocycles. The van der Waals surface area contributed by atoms with Gasteiger partial charge in [0, 0.05) is 6.92 Å². The summed E-state index contributed by atoms with van der Waals surface area (Å²) in [7, 11) is 0. The lowest BCUT2D eigenvalue weighted by molar-refractivity contribution is -0.151. The molecule has 0 radical (unpaired) electrons. The predicted octanol–water partition coefficient (Wildman–Crippen LogP) is 0.517. The van der Waals surface area contributed by atoms with Crippen LogP contribution in [0.2, 0.25) is 0 Å². The molecule has 0 bridgehead atoms. The molecule has 1 aromatic rings. The van der Waals surface area contributed by atoms with Crippen LogP contribution >= 0.6 is 0 Å². The van der Waals surface area contributed by atoms with Crippen molar-refractivity contribution < 1.29 is 18.9 Å². The molecular formula is C12H14N4O4. The molecule has 1 spiro atoms. The van der Waals surface area contributed by atoms with Crippen molar-refractivity contribution in [1.82, 2.24) is 20.4 Å². The molecule has 0 atom stereocenters. The summed E-state index contributed by atoms with van der Waals surface area (Å²) in [6.45, 7) is 1.54. The summed E-state index contributed by atoms with van der Waals surface area (Å²) in [5, 5.41) is 5.93. The van der Waals surface area contributed by atoms with Gasteiger partial charge in [0.25, 0.3) is 0 Å². The third-order valence-corrected chi connectivity index (χ3v) is 3.88. The second kappa shape index (κ2) is 4.39. The van der Waals surface area contributed by atoms with Gasteiger partial charge in [-0.25, -0.2) is 4.79 Å². The molecule has 20 heavy (non-hydrogen) atoms. The van der Waals surface area contributed by atoms with Gasteiger partial charge in [-0.05, 0) is 12.8 Å². The fraction of sp³-hybridized carbons (Fsp3) is 0.583. The molecule has 3 rings (SSSR count). The minimum Gasteiger partial charge on any atom is -0.340 e. The molecule has 2 heterocycles. The Labute approximate surface area is 114 Å². The van der Waals surface area contributed by atoms with Crippen LogP contribution in [-0.4, -0.2) is 32.9 Å². The van der Waals surface area contributed by atoms with Gasteiger partial charge in [-0.3, -0.25) is 19.8 Å². The van der Waals surface area contributed by atoms with Crippen LogP contribution in [0.5, 0.6) is 0 Å². The van der Waals surface area contributed by atoms with E-state index in [9.17, 15) is 14.4 Å². The van der Waals surface area contributed by atoms with Gasteiger partial charge in [0.05, 0.1) is 6.54 Å².